The van der Waals surface area contributed by atoms with E-state index >= 15 is 0 Å². The molecule has 2 aliphatic rings. The van der Waals surface area contributed by atoms with E-state index in [2.05, 4.69) is 25.0 Å². The first-order valence-electron chi connectivity index (χ1n) is 10.6. The quantitative estimate of drug-likeness (QED) is 0.654. The third kappa shape index (κ3) is 4.69. The molecule has 0 bridgehead atoms. The van der Waals surface area contributed by atoms with Crippen LogP contribution in [0.15, 0.2) is 29.4 Å². The van der Waals surface area contributed by atoms with Gasteiger partial charge in [-0.25, -0.2) is 0 Å². The fourth-order valence-electron chi connectivity index (χ4n) is 3.61. The second kappa shape index (κ2) is 9.07. The van der Waals surface area contributed by atoms with Crippen molar-refractivity contribution in [1.29, 1.82) is 0 Å². The molecular formula is C21H29N5O2S. The number of ether oxygens (including phenoxy) is 1. The predicted octanol–water partition coefficient (Wildman–Crippen LogP) is 4.12. The van der Waals surface area contributed by atoms with Gasteiger partial charge in [0.05, 0.1) is 17.5 Å². The van der Waals surface area contributed by atoms with Crippen molar-refractivity contribution >= 4 is 29.3 Å². The normalized spacial score (nSPS) is 17.8. The fraction of sp³-hybridized carbons (Fsp3) is 0.571. The van der Waals surface area contributed by atoms with E-state index in [4.69, 9.17) is 4.74 Å². The molecule has 1 saturated carbocycles. The molecule has 1 N–H and O–H groups in total. The fourth-order valence-corrected chi connectivity index (χ4v) is 4.52. The van der Waals surface area contributed by atoms with E-state index in [0.29, 0.717) is 24.1 Å². The van der Waals surface area contributed by atoms with Crippen molar-refractivity contribution in [2.45, 2.75) is 62.4 Å². The zero-order valence-corrected chi connectivity index (χ0v) is 18.0. The van der Waals surface area contributed by atoms with Crippen molar-refractivity contribution in [2.75, 3.05) is 29.9 Å². The SMILES string of the molecule is CCOc1ccccc1NC(=O)C(C)Sc1nnc(N2CCCCC2)n1C1CC1. The number of para-hydroxylation sites is 2. The Hall–Kier alpha value is -2.22. The Balaban J connectivity index is 1.46. The summed E-state index contributed by atoms with van der Waals surface area (Å²) in [6.45, 7) is 6.48. The highest BCUT2D eigenvalue weighted by Gasteiger charge is 2.33. The van der Waals surface area contributed by atoms with Gasteiger partial charge in [0.25, 0.3) is 0 Å². The van der Waals surface area contributed by atoms with Gasteiger partial charge in [-0.15, -0.1) is 10.2 Å². The number of anilines is 2. The van der Waals surface area contributed by atoms with Crippen molar-refractivity contribution in [3.8, 4) is 5.75 Å². The number of thioether (sulfide) groups is 1. The first kappa shape index (κ1) is 20.1. The molecule has 1 aromatic heterocycles. The van der Waals surface area contributed by atoms with Crippen LogP contribution in [0.1, 0.15) is 52.0 Å². The van der Waals surface area contributed by atoms with Gasteiger partial charge < -0.3 is 15.0 Å². The summed E-state index contributed by atoms with van der Waals surface area (Å²) in [5.41, 5.74) is 0.699. The molecule has 2 heterocycles. The number of nitrogens with zero attached hydrogens (tertiary/aromatic N) is 4. The maximum atomic E-state index is 12.8. The molecule has 1 saturated heterocycles. The number of benzene rings is 1. The molecule has 1 aliphatic heterocycles. The molecule has 156 valence electrons. The highest BCUT2D eigenvalue weighted by Crippen LogP contribution is 2.42. The Kier molecular flexibility index (Phi) is 6.28. The largest absolute Gasteiger partial charge is 0.492 e. The smallest absolute Gasteiger partial charge is 0.237 e. The van der Waals surface area contributed by atoms with Crippen LogP contribution in [0.5, 0.6) is 5.75 Å². The summed E-state index contributed by atoms with van der Waals surface area (Å²) in [5.74, 6) is 1.60. The second-order valence-electron chi connectivity index (χ2n) is 7.61. The summed E-state index contributed by atoms with van der Waals surface area (Å²) in [6, 6.07) is 8.00. The summed E-state index contributed by atoms with van der Waals surface area (Å²) < 4.78 is 7.87. The van der Waals surface area contributed by atoms with E-state index in [0.717, 1.165) is 37.0 Å². The van der Waals surface area contributed by atoms with E-state index in [9.17, 15) is 4.79 Å². The Morgan fingerprint density at radius 3 is 2.72 bits per heavy atom. The molecule has 0 spiro atoms. The molecule has 29 heavy (non-hydrogen) atoms. The number of carbonyl (C=O) groups excluding carboxylic acids is 1. The van der Waals surface area contributed by atoms with E-state index in [1.165, 1.54) is 31.0 Å². The van der Waals surface area contributed by atoms with Gasteiger partial charge >= 0.3 is 0 Å². The topological polar surface area (TPSA) is 72.3 Å². The first-order valence-corrected chi connectivity index (χ1v) is 11.4. The van der Waals surface area contributed by atoms with E-state index in [1.807, 2.05) is 38.1 Å². The molecule has 7 nitrogen and oxygen atoms in total. The standard InChI is InChI=1S/C21H29N5O2S/c1-3-28-18-10-6-5-9-17(18)22-19(27)15(2)29-21-24-23-20(26(21)16-11-12-16)25-13-7-4-8-14-25/h5-6,9-10,15-16H,3-4,7-8,11-14H2,1-2H3,(H,22,27). The van der Waals surface area contributed by atoms with Crippen LogP contribution in [0, 0.1) is 0 Å². The highest BCUT2D eigenvalue weighted by atomic mass is 32.2. The molecule has 2 aromatic rings. The molecule has 1 aromatic carbocycles. The van der Waals surface area contributed by atoms with Crippen molar-refractivity contribution in [3.63, 3.8) is 0 Å². The third-order valence-corrected chi connectivity index (χ3v) is 6.35. The minimum Gasteiger partial charge on any atom is -0.492 e. The van der Waals surface area contributed by atoms with E-state index < -0.39 is 0 Å². The summed E-state index contributed by atoms with van der Waals surface area (Å²) in [5, 5.41) is 12.5. The van der Waals surface area contributed by atoms with Gasteiger partial charge in [-0.05, 0) is 58.1 Å². The maximum absolute atomic E-state index is 12.8. The predicted molar refractivity (Wildman–Crippen MR) is 116 cm³/mol. The molecule has 8 heteroatoms. The molecule has 1 amide bonds. The van der Waals surface area contributed by atoms with Crippen LogP contribution < -0.4 is 15.0 Å². The molecule has 1 unspecified atom stereocenters. The zero-order valence-electron chi connectivity index (χ0n) is 17.1. The zero-order chi connectivity index (χ0) is 20.2. The summed E-state index contributed by atoms with van der Waals surface area (Å²) in [6.07, 6.45) is 6.02. The third-order valence-electron chi connectivity index (χ3n) is 5.29. The molecule has 1 atom stereocenters. The number of amides is 1. The van der Waals surface area contributed by atoms with Crippen molar-refractivity contribution < 1.29 is 9.53 Å². The van der Waals surface area contributed by atoms with Crippen LogP contribution in [0.2, 0.25) is 0 Å². The lowest BCUT2D eigenvalue weighted by atomic mass is 10.1. The van der Waals surface area contributed by atoms with Crippen LogP contribution in [0.25, 0.3) is 0 Å². The van der Waals surface area contributed by atoms with Crippen LogP contribution in [0.3, 0.4) is 0 Å². The Morgan fingerprint density at radius 1 is 1.24 bits per heavy atom. The van der Waals surface area contributed by atoms with Crippen LogP contribution in [0.4, 0.5) is 11.6 Å². The van der Waals surface area contributed by atoms with Crippen LogP contribution >= 0.6 is 11.8 Å². The van der Waals surface area contributed by atoms with Gasteiger partial charge in [-0.2, -0.15) is 0 Å². The average Bonchev–Trinajstić information content (AvgIpc) is 3.50. The minimum absolute atomic E-state index is 0.0629. The van der Waals surface area contributed by atoms with E-state index in [-0.39, 0.29) is 11.2 Å². The van der Waals surface area contributed by atoms with Gasteiger partial charge in [0.2, 0.25) is 11.9 Å². The molecule has 2 fully saturated rings. The van der Waals surface area contributed by atoms with Crippen molar-refractivity contribution in [1.82, 2.24) is 14.8 Å². The van der Waals surface area contributed by atoms with Gasteiger partial charge in [0, 0.05) is 19.1 Å². The Labute approximate surface area is 176 Å². The summed E-state index contributed by atoms with van der Waals surface area (Å²) in [7, 11) is 0. The van der Waals surface area contributed by atoms with Crippen LogP contribution in [-0.2, 0) is 4.79 Å². The monoisotopic (exact) mass is 415 g/mol. The number of carbonyl (C=O) groups is 1. The first-order chi connectivity index (χ1) is 14.2. The lowest BCUT2D eigenvalue weighted by molar-refractivity contribution is -0.115. The average molecular weight is 416 g/mol. The lowest BCUT2D eigenvalue weighted by Gasteiger charge is -2.28. The molecule has 1 aliphatic carbocycles. The van der Waals surface area contributed by atoms with E-state index in [1.54, 1.807) is 0 Å². The lowest BCUT2D eigenvalue weighted by Crippen LogP contribution is -2.32. The van der Waals surface area contributed by atoms with Crippen molar-refractivity contribution in [2.24, 2.45) is 0 Å². The summed E-state index contributed by atoms with van der Waals surface area (Å²) >= 11 is 1.48. The maximum Gasteiger partial charge on any atom is 0.237 e. The number of hydrogen-bond acceptors (Lipinski definition) is 6. The number of nitrogens with one attached hydrogen (secondary N) is 1. The van der Waals surface area contributed by atoms with Gasteiger partial charge in [0.1, 0.15) is 5.75 Å². The number of rotatable bonds is 8. The number of aromatic nitrogens is 3. The molecule has 0 radical (unpaired) electrons. The second-order valence-corrected chi connectivity index (χ2v) is 8.92. The number of piperidine rings is 1. The van der Waals surface area contributed by atoms with Gasteiger partial charge in [-0.3, -0.25) is 9.36 Å². The Bertz CT molecular complexity index is 845. The minimum atomic E-state index is -0.291. The molecule has 4 rings (SSSR count). The number of hydrogen-bond donors (Lipinski definition) is 1. The summed E-state index contributed by atoms with van der Waals surface area (Å²) in [4.78, 5) is 15.2. The molecular weight excluding hydrogens is 386 g/mol. The van der Waals surface area contributed by atoms with Gasteiger partial charge in [0.15, 0.2) is 5.16 Å². The Morgan fingerprint density at radius 2 is 2.00 bits per heavy atom. The highest BCUT2D eigenvalue weighted by molar-refractivity contribution is 8.00. The van der Waals surface area contributed by atoms with Crippen molar-refractivity contribution in [3.05, 3.63) is 24.3 Å². The van der Waals surface area contributed by atoms with Crippen LogP contribution in [-0.4, -0.2) is 45.6 Å². The van der Waals surface area contributed by atoms with Gasteiger partial charge in [-0.1, -0.05) is 23.9 Å².